The van der Waals surface area contributed by atoms with Crippen LogP contribution < -0.4 is 10.2 Å². The highest BCUT2D eigenvalue weighted by Gasteiger charge is 2.24. The highest BCUT2D eigenvalue weighted by molar-refractivity contribution is 6.36. The molecule has 2 N–H and O–H groups in total. The third-order valence-corrected chi connectivity index (χ3v) is 4.17. The topological polar surface area (TPSA) is 73.9 Å². The fourth-order valence-electron chi connectivity index (χ4n) is 2.62. The van der Waals surface area contributed by atoms with E-state index in [-0.39, 0.29) is 17.8 Å². The van der Waals surface area contributed by atoms with E-state index in [0.29, 0.717) is 16.6 Å². The molecule has 0 aliphatic carbocycles. The molecule has 116 valence electrons. The maximum absolute atomic E-state index is 12.0. The van der Waals surface area contributed by atoms with Crippen molar-refractivity contribution in [1.82, 2.24) is 20.5 Å². The number of nitrogens with zero attached hydrogens (tertiary/aromatic N) is 3. The molecule has 0 bridgehead atoms. The van der Waals surface area contributed by atoms with Crippen molar-refractivity contribution in [3.05, 3.63) is 40.4 Å². The predicted molar refractivity (Wildman–Crippen MR) is 85.5 cm³/mol. The number of nitrogens with one attached hydrogen (secondary N) is 2. The van der Waals surface area contributed by atoms with Crippen molar-refractivity contribution < 1.29 is 4.79 Å². The summed E-state index contributed by atoms with van der Waals surface area (Å²) in [4.78, 5) is 18.0. The van der Waals surface area contributed by atoms with Crippen LogP contribution in [0.1, 0.15) is 23.5 Å². The van der Waals surface area contributed by atoms with Crippen LogP contribution in [0.5, 0.6) is 0 Å². The number of carbonyl (C=O) groups excluding carboxylic acids is 1. The van der Waals surface area contributed by atoms with Gasteiger partial charge in [-0.3, -0.25) is 9.89 Å². The lowest BCUT2D eigenvalue weighted by molar-refractivity contribution is 0.0923. The van der Waals surface area contributed by atoms with Crippen molar-refractivity contribution in [2.75, 3.05) is 18.0 Å². The third kappa shape index (κ3) is 3.34. The van der Waals surface area contributed by atoms with Crippen LogP contribution in [-0.4, -0.2) is 40.2 Å². The number of aromatic amines is 1. The lowest BCUT2D eigenvalue weighted by Gasteiger charge is -2.35. The zero-order valence-corrected chi connectivity index (χ0v) is 13.2. The number of benzene rings is 1. The van der Waals surface area contributed by atoms with E-state index in [1.54, 1.807) is 6.07 Å². The normalized spacial score (nSPS) is 18.3. The Hall–Kier alpha value is -1.79. The summed E-state index contributed by atoms with van der Waals surface area (Å²) in [5, 5.41) is 10.4. The van der Waals surface area contributed by atoms with E-state index in [1.807, 2.05) is 12.1 Å². The summed E-state index contributed by atoms with van der Waals surface area (Å²) in [6.45, 7) is 1.59. The Morgan fingerprint density at radius 3 is 3.00 bits per heavy atom. The molecule has 1 amide bonds. The van der Waals surface area contributed by atoms with E-state index in [9.17, 15) is 4.79 Å². The number of carbonyl (C=O) groups is 1. The summed E-state index contributed by atoms with van der Waals surface area (Å²) >= 11 is 12.2. The summed E-state index contributed by atoms with van der Waals surface area (Å²) in [7, 11) is 0. The molecule has 1 unspecified atom stereocenters. The van der Waals surface area contributed by atoms with E-state index < -0.39 is 0 Å². The van der Waals surface area contributed by atoms with Crippen molar-refractivity contribution in [3.8, 4) is 0 Å². The number of H-pyrrole nitrogens is 1. The van der Waals surface area contributed by atoms with Crippen LogP contribution in [0.3, 0.4) is 0 Å². The number of anilines is 1. The lowest BCUT2D eigenvalue weighted by Crippen LogP contribution is -2.48. The number of hydrogen-bond donors (Lipinski definition) is 2. The quantitative estimate of drug-likeness (QED) is 0.900. The Balaban J connectivity index is 1.67. The number of hydrogen-bond acceptors (Lipinski definition) is 4. The monoisotopic (exact) mass is 339 g/mol. The van der Waals surface area contributed by atoms with Gasteiger partial charge in [0.15, 0.2) is 0 Å². The summed E-state index contributed by atoms with van der Waals surface area (Å²) in [5.41, 5.74) is 0.935. The SMILES string of the molecule is O=C(NC1CCCN(c2ccc(Cl)cc2Cl)C1)c1ncn[nH]1. The second-order valence-electron chi connectivity index (χ2n) is 5.19. The van der Waals surface area contributed by atoms with Crippen LogP contribution in [0, 0.1) is 0 Å². The van der Waals surface area contributed by atoms with Crippen molar-refractivity contribution >= 4 is 34.8 Å². The molecule has 6 nitrogen and oxygen atoms in total. The van der Waals surface area contributed by atoms with Gasteiger partial charge in [-0.2, -0.15) is 5.10 Å². The average Bonchev–Trinajstić information content (AvgIpc) is 3.02. The minimum atomic E-state index is -0.244. The summed E-state index contributed by atoms with van der Waals surface area (Å²) in [6, 6.07) is 5.50. The zero-order valence-electron chi connectivity index (χ0n) is 11.7. The molecule has 1 aliphatic heterocycles. The van der Waals surface area contributed by atoms with Gasteiger partial charge in [0.1, 0.15) is 6.33 Å². The standard InChI is InChI=1S/C14H15Cl2N5O/c15-9-3-4-12(11(16)6-9)21-5-1-2-10(7-21)19-14(22)13-17-8-18-20-13/h3-4,6,8,10H,1-2,5,7H2,(H,19,22)(H,17,18,20). The first-order valence-electron chi connectivity index (χ1n) is 6.99. The number of halogens is 2. The van der Waals surface area contributed by atoms with Crippen LogP contribution in [0.25, 0.3) is 0 Å². The van der Waals surface area contributed by atoms with Gasteiger partial charge >= 0.3 is 0 Å². The van der Waals surface area contributed by atoms with E-state index in [1.165, 1.54) is 6.33 Å². The molecule has 1 aliphatic rings. The first kappa shape index (κ1) is 15.1. The predicted octanol–water partition coefficient (Wildman–Crippen LogP) is 2.51. The molecule has 2 aromatic rings. The third-order valence-electron chi connectivity index (χ3n) is 3.64. The molecule has 1 aromatic carbocycles. The van der Waals surface area contributed by atoms with Crippen LogP contribution in [0.15, 0.2) is 24.5 Å². The average molecular weight is 340 g/mol. The minimum Gasteiger partial charge on any atom is -0.368 e. The molecule has 0 saturated carbocycles. The van der Waals surface area contributed by atoms with Gasteiger partial charge < -0.3 is 10.2 Å². The zero-order chi connectivity index (χ0) is 15.5. The first-order chi connectivity index (χ1) is 10.6. The summed E-state index contributed by atoms with van der Waals surface area (Å²) < 4.78 is 0. The minimum absolute atomic E-state index is 0.0399. The highest BCUT2D eigenvalue weighted by Crippen LogP contribution is 2.30. The first-order valence-corrected chi connectivity index (χ1v) is 7.75. The summed E-state index contributed by atoms with van der Waals surface area (Å²) in [5.74, 6) is -0.0202. The van der Waals surface area contributed by atoms with Gasteiger partial charge in [-0.25, -0.2) is 4.98 Å². The number of rotatable bonds is 3. The molecule has 1 aromatic heterocycles. The molecule has 8 heteroatoms. The molecular formula is C14H15Cl2N5O. The molecule has 1 fully saturated rings. The molecule has 0 spiro atoms. The van der Waals surface area contributed by atoms with Crippen LogP contribution >= 0.6 is 23.2 Å². The molecule has 3 rings (SSSR count). The van der Waals surface area contributed by atoms with Crippen LogP contribution in [-0.2, 0) is 0 Å². The van der Waals surface area contributed by atoms with E-state index in [4.69, 9.17) is 23.2 Å². The molecule has 2 heterocycles. The van der Waals surface area contributed by atoms with Crippen molar-refractivity contribution in [3.63, 3.8) is 0 Å². The Morgan fingerprint density at radius 2 is 2.27 bits per heavy atom. The molecule has 22 heavy (non-hydrogen) atoms. The lowest BCUT2D eigenvalue weighted by atomic mass is 10.0. The van der Waals surface area contributed by atoms with Gasteiger partial charge in [0.25, 0.3) is 5.91 Å². The number of piperidine rings is 1. The van der Waals surface area contributed by atoms with Crippen molar-refractivity contribution in [1.29, 1.82) is 0 Å². The largest absolute Gasteiger partial charge is 0.368 e. The van der Waals surface area contributed by atoms with E-state index in [0.717, 1.165) is 25.1 Å². The van der Waals surface area contributed by atoms with E-state index in [2.05, 4.69) is 25.4 Å². The van der Waals surface area contributed by atoms with Gasteiger partial charge in [-0.1, -0.05) is 23.2 Å². The molecular weight excluding hydrogens is 325 g/mol. The highest BCUT2D eigenvalue weighted by atomic mass is 35.5. The maximum atomic E-state index is 12.0. The Bertz CT molecular complexity index is 661. The summed E-state index contributed by atoms with van der Waals surface area (Å²) in [6.07, 6.45) is 3.21. The fraction of sp³-hybridized carbons (Fsp3) is 0.357. The molecule has 1 atom stereocenters. The fourth-order valence-corrected chi connectivity index (χ4v) is 3.15. The van der Waals surface area contributed by atoms with Crippen LogP contribution in [0.4, 0.5) is 5.69 Å². The van der Waals surface area contributed by atoms with Gasteiger partial charge in [0.05, 0.1) is 10.7 Å². The molecule has 0 radical (unpaired) electrons. The molecule has 1 saturated heterocycles. The number of aromatic nitrogens is 3. The smallest absolute Gasteiger partial charge is 0.288 e. The van der Waals surface area contributed by atoms with Gasteiger partial charge in [0, 0.05) is 24.2 Å². The van der Waals surface area contributed by atoms with Gasteiger partial charge in [-0.05, 0) is 31.0 Å². The maximum Gasteiger partial charge on any atom is 0.288 e. The van der Waals surface area contributed by atoms with E-state index >= 15 is 0 Å². The Morgan fingerprint density at radius 1 is 1.41 bits per heavy atom. The van der Waals surface area contributed by atoms with Gasteiger partial charge in [-0.15, -0.1) is 0 Å². The van der Waals surface area contributed by atoms with Crippen LogP contribution in [0.2, 0.25) is 10.0 Å². The van der Waals surface area contributed by atoms with Crippen molar-refractivity contribution in [2.45, 2.75) is 18.9 Å². The van der Waals surface area contributed by atoms with Crippen molar-refractivity contribution in [2.24, 2.45) is 0 Å². The second kappa shape index (κ2) is 6.54. The Kier molecular flexibility index (Phi) is 4.49. The van der Waals surface area contributed by atoms with Gasteiger partial charge in [0.2, 0.25) is 5.82 Å². The second-order valence-corrected chi connectivity index (χ2v) is 6.03. The number of amides is 1. The Labute approximate surface area is 137 Å².